The van der Waals surface area contributed by atoms with Crippen molar-refractivity contribution in [2.75, 3.05) is 0 Å². The Hall–Kier alpha value is -2.35. The Balaban J connectivity index is 2.33. The average Bonchev–Trinajstić information content (AvgIpc) is 2.38. The average molecular weight is 224 g/mol. The van der Waals surface area contributed by atoms with Gasteiger partial charge in [-0.05, 0) is 23.3 Å². The third-order valence-corrected chi connectivity index (χ3v) is 2.49. The number of aromatic hydroxyl groups is 1. The topological polar surface area (TPSA) is 37.3 Å². The van der Waals surface area contributed by atoms with Crippen LogP contribution in [0.4, 0.5) is 0 Å². The number of hydrogen-bond donors (Lipinski definition) is 1. The molecule has 84 valence electrons. The maximum atomic E-state index is 10.2. The number of rotatable bonds is 3. The third-order valence-electron chi connectivity index (χ3n) is 2.49. The summed E-state index contributed by atoms with van der Waals surface area (Å²) in [4.78, 5) is 10.2. The van der Waals surface area contributed by atoms with Crippen molar-refractivity contribution in [1.29, 1.82) is 0 Å². The van der Waals surface area contributed by atoms with Crippen LogP contribution in [0.2, 0.25) is 0 Å². The zero-order valence-electron chi connectivity index (χ0n) is 9.21. The Morgan fingerprint density at radius 2 is 1.65 bits per heavy atom. The molecule has 0 fully saturated rings. The van der Waals surface area contributed by atoms with Gasteiger partial charge in [0.15, 0.2) is 0 Å². The van der Waals surface area contributed by atoms with Gasteiger partial charge in [-0.3, -0.25) is 4.79 Å². The fourth-order valence-electron chi connectivity index (χ4n) is 1.64. The number of allylic oxidation sites excluding steroid dienone is 1. The van der Waals surface area contributed by atoms with E-state index in [1.807, 2.05) is 36.4 Å². The molecule has 0 saturated carbocycles. The Kier molecular flexibility index (Phi) is 3.36. The highest BCUT2D eigenvalue weighted by atomic mass is 16.3. The first-order valence-electron chi connectivity index (χ1n) is 5.31. The van der Waals surface area contributed by atoms with Gasteiger partial charge in [0.2, 0.25) is 0 Å². The fraction of sp³-hybridized carbons (Fsp3) is 0. The van der Waals surface area contributed by atoms with Crippen LogP contribution >= 0.6 is 0 Å². The molecule has 0 aliphatic carbocycles. The van der Waals surface area contributed by atoms with Gasteiger partial charge in [0.1, 0.15) is 12.0 Å². The van der Waals surface area contributed by atoms with Crippen molar-refractivity contribution < 1.29 is 9.90 Å². The molecule has 2 aromatic rings. The Labute approximate surface area is 99.8 Å². The predicted octanol–water partition coefficient (Wildman–Crippen LogP) is 3.27. The molecule has 1 N–H and O–H groups in total. The molecule has 0 radical (unpaired) electrons. The van der Waals surface area contributed by atoms with Crippen LogP contribution in [-0.2, 0) is 4.79 Å². The van der Waals surface area contributed by atoms with E-state index in [1.165, 1.54) is 6.08 Å². The maximum Gasteiger partial charge on any atom is 0.142 e. The number of carbonyl (C=O) groups excluding carboxylic acids is 1. The monoisotopic (exact) mass is 224 g/mol. The van der Waals surface area contributed by atoms with Crippen LogP contribution in [0.25, 0.3) is 17.2 Å². The van der Waals surface area contributed by atoms with Crippen molar-refractivity contribution in [3.63, 3.8) is 0 Å². The van der Waals surface area contributed by atoms with Crippen molar-refractivity contribution in [1.82, 2.24) is 0 Å². The van der Waals surface area contributed by atoms with Gasteiger partial charge in [-0.2, -0.15) is 0 Å². The van der Waals surface area contributed by atoms with E-state index in [-0.39, 0.29) is 5.75 Å². The van der Waals surface area contributed by atoms with Crippen LogP contribution in [0.1, 0.15) is 5.56 Å². The molecule has 0 aromatic heterocycles. The number of phenolic OH excluding ortho intramolecular Hbond substituents is 1. The van der Waals surface area contributed by atoms with Crippen LogP contribution in [0.15, 0.2) is 54.6 Å². The first-order valence-corrected chi connectivity index (χ1v) is 5.31. The molecule has 0 heterocycles. The van der Waals surface area contributed by atoms with E-state index in [1.54, 1.807) is 18.2 Å². The van der Waals surface area contributed by atoms with E-state index < -0.39 is 0 Å². The predicted molar refractivity (Wildman–Crippen MR) is 68.6 cm³/mol. The number of carbonyl (C=O) groups is 1. The van der Waals surface area contributed by atoms with Gasteiger partial charge in [-0.1, -0.05) is 48.5 Å². The van der Waals surface area contributed by atoms with E-state index in [4.69, 9.17) is 0 Å². The molecule has 2 rings (SSSR count). The molecule has 2 heteroatoms. The van der Waals surface area contributed by atoms with E-state index in [9.17, 15) is 9.90 Å². The lowest BCUT2D eigenvalue weighted by Gasteiger charge is -2.04. The summed E-state index contributed by atoms with van der Waals surface area (Å²) in [5.74, 6) is 0.267. The maximum absolute atomic E-state index is 10.2. The summed E-state index contributed by atoms with van der Waals surface area (Å²) in [6.45, 7) is 0. The number of aldehydes is 1. The molecule has 0 bridgehead atoms. The molecule has 0 amide bonds. The van der Waals surface area contributed by atoms with Crippen molar-refractivity contribution >= 4 is 12.4 Å². The SMILES string of the molecule is O=CC=Cc1ccc(-c2ccccc2O)cc1. The van der Waals surface area contributed by atoms with Gasteiger partial charge >= 0.3 is 0 Å². The minimum atomic E-state index is 0.267. The fourth-order valence-corrected chi connectivity index (χ4v) is 1.64. The van der Waals surface area contributed by atoms with Crippen molar-refractivity contribution in [3.8, 4) is 16.9 Å². The van der Waals surface area contributed by atoms with Gasteiger partial charge in [0.25, 0.3) is 0 Å². The second-order valence-electron chi connectivity index (χ2n) is 3.63. The molecule has 0 atom stereocenters. The van der Waals surface area contributed by atoms with Crippen LogP contribution in [0.3, 0.4) is 0 Å². The van der Waals surface area contributed by atoms with E-state index in [2.05, 4.69) is 0 Å². The van der Waals surface area contributed by atoms with Gasteiger partial charge in [0, 0.05) is 5.56 Å². The van der Waals surface area contributed by atoms with Crippen LogP contribution in [0, 0.1) is 0 Å². The quantitative estimate of drug-likeness (QED) is 0.641. The second-order valence-corrected chi connectivity index (χ2v) is 3.63. The van der Waals surface area contributed by atoms with Crippen LogP contribution in [-0.4, -0.2) is 11.4 Å². The Morgan fingerprint density at radius 1 is 0.941 bits per heavy atom. The zero-order chi connectivity index (χ0) is 12.1. The molecule has 2 nitrogen and oxygen atoms in total. The van der Waals surface area contributed by atoms with Gasteiger partial charge in [-0.25, -0.2) is 0 Å². The summed E-state index contributed by atoms with van der Waals surface area (Å²) < 4.78 is 0. The molecule has 0 saturated heterocycles. The highest BCUT2D eigenvalue weighted by Crippen LogP contribution is 2.28. The highest BCUT2D eigenvalue weighted by molar-refractivity contribution is 5.75. The lowest BCUT2D eigenvalue weighted by Crippen LogP contribution is -1.79. The minimum absolute atomic E-state index is 0.267. The zero-order valence-corrected chi connectivity index (χ0v) is 9.21. The lowest BCUT2D eigenvalue weighted by atomic mass is 10.0. The van der Waals surface area contributed by atoms with Gasteiger partial charge in [-0.15, -0.1) is 0 Å². The normalized spacial score (nSPS) is 10.6. The first kappa shape index (κ1) is 11.1. The largest absolute Gasteiger partial charge is 0.507 e. The molecule has 0 aliphatic rings. The molecular weight excluding hydrogens is 212 g/mol. The highest BCUT2D eigenvalue weighted by Gasteiger charge is 2.01. The third kappa shape index (κ3) is 2.61. The van der Waals surface area contributed by atoms with Gasteiger partial charge < -0.3 is 5.11 Å². The summed E-state index contributed by atoms with van der Waals surface area (Å²) in [5, 5.41) is 9.71. The number of phenols is 1. The molecule has 2 aromatic carbocycles. The Morgan fingerprint density at radius 3 is 2.29 bits per heavy atom. The molecule has 0 unspecified atom stereocenters. The summed E-state index contributed by atoms with van der Waals surface area (Å²) in [6, 6.07) is 14.8. The standard InChI is InChI=1S/C15H12O2/c16-11-3-4-12-7-9-13(10-8-12)14-5-1-2-6-15(14)17/h1-11,17H. The first-order chi connectivity index (χ1) is 8.31. The molecule has 0 spiro atoms. The lowest BCUT2D eigenvalue weighted by molar-refractivity contribution is -0.104. The summed E-state index contributed by atoms with van der Waals surface area (Å²) >= 11 is 0. The smallest absolute Gasteiger partial charge is 0.142 e. The summed E-state index contributed by atoms with van der Waals surface area (Å²) in [6.07, 6.45) is 3.94. The van der Waals surface area contributed by atoms with Gasteiger partial charge in [0.05, 0.1) is 0 Å². The summed E-state index contributed by atoms with van der Waals surface area (Å²) in [5.41, 5.74) is 2.71. The molecule has 0 aliphatic heterocycles. The second kappa shape index (κ2) is 5.12. The number of hydrogen-bond acceptors (Lipinski definition) is 2. The van der Waals surface area contributed by atoms with Crippen LogP contribution < -0.4 is 0 Å². The number of para-hydroxylation sites is 1. The minimum Gasteiger partial charge on any atom is -0.507 e. The van der Waals surface area contributed by atoms with Crippen molar-refractivity contribution in [2.24, 2.45) is 0 Å². The molecule has 17 heavy (non-hydrogen) atoms. The van der Waals surface area contributed by atoms with E-state index in [0.29, 0.717) is 0 Å². The molecular formula is C15H12O2. The van der Waals surface area contributed by atoms with Crippen molar-refractivity contribution in [2.45, 2.75) is 0 Å². The van der Waals surface area contributed by atoms with E-state index in [0.717, 1.165) is 23.0 Å². The van der Waals surface area contributed by atoms with E-state index >= 15 is 0 Å². The summed E-state index contributed by atoms with van der Waals surface area (Å²) in [7, 11) is 0. The number of benzene rings is 2. The van der Waals surface area contributed by atoms with Crippen molar-refractivity contribution in [3.05, 3.63) is 60.2 Å². The van der Waals surface area contributed by atoms with Crippen LogP contribution in [0.5, 0.6) is 5.75 Å². The Bertz CT molecular complexity index is 539.